The number of benzene rings is 3. The first-order chi connectivity index (χ1) is 17.2. The number of likely N-dealkylation sites (N-methyl/N-ethyl adjacent to an activating group) is 1. The summed E-state index contributed by atoms with van der Waals surface area (Å²) in [7, 11) is 0. The molecule has 0 spiro atoms. The van der Waals surface area contributed by atoms with Gasteiger partial charge in [0.15, 0.2) is 6.61 Å². The molecule has 0 aliphatic carbocycles. The van der Waals surface area contributed by atoms with E-state index in [1.165, 1.54) is 4.90 Å². The molecule has 0 fully saturated rings. The van der Waals surface area contributed by atoms with E-state index in [1.54, 1.807) is 18.2 Å². The van der Waals surface area contributed by atoms with Crippen molar-refractivity contribution >= 4 is 35.0 Å². The van der Waals surface area contributed by atoms with Crippen molar-refractivity contribution in [3.63, 3.8) is 0 Å². The minimum absolute atomic E-state index is 0.0706. The van der Waals surface area contributed by atoms with Crippen LogP contribution in [0.15, 0.2) is 60.7 Å². The standard InChI is InChI=1S/C29H32Cl2N2O3/c1-5-32-29(35)26(16-22-10-7-6-8-11-22)33(17-23-24(30)12-9-13-25(23)31)28(34)18-36-27-15-19(2)14-20(3)21(27)4/h6-15,26H,5,16-18H2,1-4H3,(H,32,35)/t26-/m0/s1. The Balaban J connectivity index is 1.97. The quantitative estimate of drug-likeness (QED) is 0.348. The molecule has 0 bridgehead atoms. The lowest BCUT2D eigenvalue weighted by Crippen LogP contribution is -2.51. The van der Waals surface area contributed by atoms with E-state index in [-0.39, 0.29) is 25.0 Å². The molecule has 0 heterocycles. The molecule has 0 aliphatic heterocycles. The topological polar surface area (TPSA) is 58.6 Å². The molecule has 0 aromatic heterocycles. The van der Waals surface area contributed by atoms with E-state index < -0.39 is 6.04 Å². The molecular formula is C29H32Cl2N2O3. The molecule has 3 aromatic rings. The Bertz CT molecular complexity index is 1190. The van der Waals surface area contributed by atoms with Gasteiger partial charge in [0.2, 0.25) is 5.91 Å². The van der Waals surface area contributed by atoms with Crippen LogP contribution in [0, 0.1) is 20.8 Å². The number of nitrogens with zero attached hydrogens (tertiary/aromatic N) is 1. The average molecular weight is 527 g/mol. The molecule has 190 valence electrons. The fourth-order valence-electron chi connectivity index (χ4n) is 4.07. The Kier molecular flexibility index (Phi) is 9.80. The molecule has 0 unspecified atom stereocenters. The lowest BCUT2D eigenvalue weighted by atomic mass is 10.0. The van der Waals surface area contributed by atoms with Gasteiger partial charge in [-0.1, -0.05) is 65.7 Å². The summed E-state index contributed by atoms with van der Waals surface area (Å²) in [5, 5.41) is 3.74. The number of carbonyl (C=O) groups is 2. The maximum absolute atomic E-state index is 13.7. The van der Waals surface area contributed by atoms with Crippen LogP contribution in [-0.4, -0.2) is 35.9 Å². The predicted octanol–water partition coefficient (Wildman–Crippen LogP) is 6.07. The number of carbonyl (C=O) groups excluding carboxylic acids is 2. The zero-order valence-corrected chi connectivity index (χ0v) is 22.6. The van der Waals surface area contributed by atoms with Crippen molar-refractivity contribution in [1.29, 1.82) is 0 Å². The summed E-state index contributed by atoms with van der Waals surface area (Å²) in [6, 6.07) is 18.0. The van der Waals surface area contributed by atoms with E-state index in [4.69, 9.17) is 27.9 Å². The first-order valence-electron chi connectivity index (χ1n) is 12.0. The molecule has 0 radical (unpaired) electrons. The molecule has 2 amide bonds. The monoisotopic (exact) mass is 526 g/mol. The molecule has 0 saturated carbocycles. The smallest absolute Gasteiger partial charge is 0.261 e. The van der Waals surface area contributed by atoms with Crippen LogP contribution in [0.3, 0.4) is 0 Å². The number of rotatable bonds is 10. The van der Waals surface area contributed by atoms with Crippen LogP contribution >= 0.6 is 23.2 Å². The van der Waals surface area contributed by atoms with Crippen molar-refractivity contribution in [2.24, 2.45) is 0 Å². The van der Waals surface area contributed by atoms with E-state index in [1.807, 2.05) is 64.1 Å². The lowest BCUT2D eigenvalue weighted by molar-refractivity contribution is -0.142. The van der Waals surface area contributed by atoms with Crippen molar-refractivity contribution in [2.75, 3.05) is 13.2 Å². The normalized spacial score (nSPS) is 11.6. The number of hydrogen-bond donors (Lipinski definition) is 1. The van der Waals surface area contributed by atoms with Crippen LogP contribution in [0.2, 0.25) is 10.0 Å². The Labute approximate surface area is 223 Å². The van der Waals surface area contributed by atoms with Crippen LogP contribution in [0.25, 0.3) is 0 Å². The van der Waals surface area contributed by atoms with Crippen molar-refractivity contribution in [3.8, 4) is 5.75 Å². The average Bonchev–Trinajstić information content (AvgIpc) is 2.84. The van der Waals surface area contributed by atoms with Crippen LogP contribution in [0.4, 0.5) is 0 Å². The van der Waals surface area contributed by atoms with Gasteiger partial charge in [0.05, 0.1) is 0 Å². The van der Waals surface area contributed by atoms with Crippen LogP contribution in [-0.2, 0) is 22.6 Å². The summed E-state index contributed by atoms with van der Waals surface area (Å²) in [5.41, 5.74) is 4.62. The van der Waals surface area contributed by atoms with Gasteiger partial charge in [-0.15, -0.1) is 0 Å². The molecular weight excluding hydrogens is 495 g/mol. The zero-order valence-electron chi connectivity index (χ0n) is 21.1. The molecule has 7 heteroatoms. The number of hydrogen-bond acceptors (Lipinski definition) is 3. The molecule has 0 aliphatic rings. The largest absolute Gasteiger partial charge is 0.483 e. The van der Waals surface area contributed by atoms with E-state index in [2.05, 4.69) is 11.4 Å². The Morgan fingerprint density at radius 1 is 0.972 bits per heavy atom. The zero-order chi connectivity index (χ0) is 26.2. The summed E-state index contributed by atoms with van der Waals surface area (Å²) in [5.74, 6) is 0.0615. The maximum atomic E-state index is 13.7. The Hall–Kier alpha value is -3.02. The molecule has 1 atom stereocenters. The minimum Gasteiger partial charge on any atom is -0.483 e. The molecule has 3 rings (SSSR count). The number of halogens is 2. The Morgan fingerprint density at radius 3 is 2.28 bits per heavy atom. The van der Waals surface area contributed by atoms with Gasteiger partial charge in [-0.3, -0.25) is 9.59 Å². The number of ether oxygens (including phenoxy) is 1. The summed E-state index contributed by atoms with van der Waals surface area (Å²) in [6.07, 6.45) is 0.336. The minimum atomic E-state index is -0.781. The predicted molar refractivity (Wildman–Crippen MR) is 146 cm³/mol. The highest BCUT2D eigenvalue weighted by molar-refractivity contribution is 6.36. The van der Waals surface area contributed by atoms with Crippen LogP contribution in [0.5, 0.6) is 5.75 Å². The second kappa shape index (κ2) is 12.8. The third-order valence-electron chi connectivity index (χ3n) is 6.13. The van der Waals surface area contributed by atoms with Crippen molar-refractivity contribution in [1.82, 2.24) is 10.2 Å². The highest BCUT2D eigenvalue weighted by Crippen LogP contribution is 2.28. The first-order valence-corrected chi connectivity index (χ1v) is 12.7. The highest BCUT2D eigenvalue weighted by Gasteiger charge is 2.31. The number of aryl methyl sites for hydroxylation is 2. The Morgan fingerprint density at radius 2 is 1.64 bits per heavy atom. The van der Waals surface area contributed by atoms with Crippen molar-refractivity contribution in [2.45, 2.75) is 46.7 Å². The van der Waals surface area contributed by atoms with Gasteiger partial charge in [0.1, 0.15) is 11.8 Å². The second-order valence-corrected chi connectivity index (χ2v) is 9.63. The van der Waals surface area contributed by atoms with E-state index in [9.17, 15) is 9.59 Å². The lowest BCUT2D eigenvalue weighted by Gasteiger charge is -2.32. The third kappa shape index (κ3) is 7.02. The van der Waals surface area contributed by atoms with E-state index in [0.717, 1.165) is 22.3 Å². The summed E-state index contributed by atoms with van der Waals surface area (Å²) in [6.45, 7) is 8.09. The van der Waals surface area contributed by atoms with Crippen LogP contribution in [0.1, 0.15) is 34.7 Å². The number of nitrogens with one attached hydrogen (secondary N) is 1. The summed E-state index contributed by atoms with van der Waals surface area (Å²) < 4.78 is 5.99. The second-order valence-electron chi connectivity index (χ2n) is 8.82. The van der Waals surface area contributed by atoms with Crippen molar-refractivity contribution < 1.29 is 14.3 Å². The van der Waals surface area contributed by atoms with Gasteiger partial charge in [0, 0.05) is 35.1 Å². The van der Waals surface area contributed by atoms with E-state index in [0.29, 0.717) is 34.3 Å². The molecule has 1 N–H and O–H groups in total. The molecule has 5 nitrogen and oxygen atoms in total. The maximum Gasteiger partial charge on any atom is 0.261 e. The van der Waals surface area contributed by atoms with Gasteiger partial charge in [0.25, 0.3) is 5.91 Å². The van der Waals surface area contributed by atoms with Gasteiger partial charge >= 0.3 is 0 Å². The van der Waals surface area contributed by atoms with Crippen molar-refractivity contribution in [3.05, 3.63) is 98.5 Å². The van der Waals surface area contributed by atoms with Gasteiger partial charge in [-0.2, -0.15) is 0 Å². The SMILES string of the molecule is CCNC(=O)[C@H](Cc1ccccc1)N(Cc1c(Cl)cccc1Cl)C(=O)COc1cc(C)cc(C)c1C. The molecule has 36 heavy (non-hydrogen) atoms. The third-order valence-corrected chi connectivity index (χ3v) is 6.84. The highest BCUT2D eigenvalue weighted by atomic mass is 35.5. The molecule has 3 aromatic carbocycles. The number of amides is 2. The van der Waals surface area contributed by atoms with Crippen LogP contribution < -0.4 is 10.1 Å². The van der Waals surface area contributed by atoms with Gasteiger partial charge in [-0.25, -0.2) is 0 Å². The first kappa shape index (κ1) is 27.6. The molecule has 0 saturated heterocycles. The fraction of sp³-hybridized carbons (Fsp3) is 0.310. The van der Waals surface area contributed by atoms with Gasteiger partial charge in [-0.05, 0) is 68.1 Å². The summed E-state index contributed by atoms with van der Waals surface area (Å²) in [4.78, 5) is 28.5. The summed E-state index contributed by atoms with van der Waals surface area (Å²) >= 11 is 12.9. The van der Waals surface area contributed by atoms with E-state index >= 15 is 0 Å². The fourth-order valence-corrected chi connectivity index (χ4v) is 4.59. The van der Waals surface area contributed by atoms with Gasteiger partial charge < -0.3 is 15.0 Å².